The van der Waals surface area contributed by atoms with Gasteiger partial charge in [0.1, 0.15) is 0 Å². The standard InChI is InChI=1S/C13H27NO/c1-13(2,9-11-15)14(3)10-8-12-6-4-5-7-12/h12,15H,4-11H2,1-3H3. The van der Waals surface area contributed by atoms with Gasteiger partial charge in [0.15, 0.2) is 0 Å². The van der Waals surface area contributed by atoms with Gasteiger partial charge in [0.2, 0.25) is 0 Å². The Morgan fingerprint density at radius 1 is 1.27 bits per heavy atom. The molecule has 15 heavy (non-hydrogen) atoms. The summed E-state index contributed by atoms with van der Waals surface area (Å²) in [4.78, 5) is 2.40. The van der Waals surface area contributed by atoms with E-state index in [2.05, 4.69) is 25.8 Å². The Morgan fingerprint density at radius 3 is 2.40 bits per heavy atom. The number of hydrogen-bond acceptors (Lipinski definition) is 2. The van der Waals surface area contributed by atoms with Crippen molar-refractivity contribution in [3.8, 4) is 0 Å². The summed E-state index contributed by atoms with van der Waals surface area (Å²) in [5.41, 5.74) is 0.146. The van der Waals surface area contributed by atoms with Crippen LogP contribution in [0.4, 0.5) is 0 Å². The van der Waals surface area contributed by atoms with Gasteiger partial charge in [-0.1, -0.05) is 25.7 Å². The van der Waals surface area contributed by atoms with Crippen molar-refractivity contribution < 1.29 is 5.11 Å². The molecule has 90 valence electrons. The van der Waals surface area contributed by atoms with Crippen molar-refractivity contribution in [3.05, 3.63) is 0 Å². The zero-order valence-corrected chi connectivity index (χ0v) is 10.6. The van der Waals surface area contributed by atoms with Gasteiger partial charge in [-0.3, -0.25) is 0 Å². The summed E-state index contributed by atoms with van der Waals surface area (Å²) in [5.74, 6) is 0.970. The second-order valence-corrected chi connectivity index (χ2v) is 5.65. The van der Waals surface area contributed by atoms with Crippen LogP contribution in [0.1, 0.15) is 52.4 Å². The molecule has 1 fully saturated rings. The molecule has 1 saturated carbocycles. The summed E-state index contributed by atoms with van der Waals surface area (Å²) in [6.45, 7) is 5.91. The van der Waals surface area contributed by atoms with E-state index in [1.807, 2.05) is 0 Å². The summed E-state index contributed by atoms with van der Waals surface area (Å²) >= 11 is 0. The Labute approximate surface area is 94.7 Å². The molecule has 2 nitrogen and oxygen atoms in total. The molecule has 0 aliphatic heterocycles. The zero-order valence-electron chi connectivity index (χ0n) is 10.6. The summed E-state index contributed by atoms with van der Waals surface area (Å²) in [6.07, 6.45) is 7.96. The first-order valence-electron chi connectivity index (χ1n) is 6.38. The molecular formula is C13H27NO. The third-order valence-corrected chi connectivity index (χ3v) is 4.10. The minimum Gasteiger partial charge on any atom is -0.396 e. The van der Waals surface area contributed by atoms with Crippen molar-refractivity contribution >= 4 is 0 Å². The normalized spacial score (nSPS) is 19.0. The molecule has 0 unspecified atom stereocenters. The van der Waals surface area contributed by atoms with Crippen LogP contribution in [0.3, 0.4) is 0 Å². The van der Waals surface area contributed by atoms with Gasteiger partial charge >= 0.3 is 0 Å². The molecule has 0 amide bonds. The van der Waals surface area contributed by atoms with Crippen LogP contribution in [0.2, 0.25) is 0 Å². The smallest absolute Gasteiger partial charge is 0.0448 e. The van der Waals surface area contributed by atoms with Gasteiger partial charge in [0.05, 0.1) is 0 Å². The second kappa shape index (κ2) is 5.86. The van der Waals surface area contributed by atoms with Crippen LogP contribution in [-0.2, 0) is 0 Å². The van der Waals surface area contributed by atoms with Gasteiger partial charge < -0.3 is 10.0 Å². The molecule has 0 saturated heterocycles. The van der Waals surface area contributed by atoms with Crippen molar-refractivity contribution in [2.75, 3.05) is 20.2 Å². The third-order valence-electron chi connectivity index (χ3n) is 4.10. The van der Waals surface area contributed by atoms with E-state index in [1.54, 1.807) is 0 Å². The number of aliphatic hydroxyl groups excluding tert-OH is 1. The lowest BCUT2D eigenvalue weighted by Crippen LogP contribution is -2.42. The lowest BCUT2D eigenvalue weighted by molar-refractivity contribution is 0.110. The molecule has 0 aromatic rings. The largest absolute Gasteiger partial charge is 0.396 e. The molecule has 2 heteroatoms. The maximum atomic E-state index is 9.00. The monoisotopic (exact) mass is 213 g/mol. The average Bonchev–Trinajstić information content (AvgIpc) is 2.66. The summed E-state index contributed by atoms with van der Waals surface area (Å²) in [5, 5.41) is 9.00. The van der Waals surface area contributed by atoms with Crippen LogP contribution in [-0.4, -0.2) is 35.7 Å². The minimum absolute atomic E-state index is 0.146. The average molecular weight is 213 g/mol. The van der Waals surface area contributed by atoms with Crippen LogP contribution in [0.15, 0.2) is 0 Å². The fourth-order valence-corrected chi connectivity index (χ4v) is 2.44. The Bertz CT molecular complexity index is 173. The maximum Gasteiger partial charge on any atom is 0.0448 e. The molecule has 0 bridgehead atoms. The molecule has 1 N–H and O–H groups in total. The topological polar surface area (TPSA) is 23.5 Å². The number of hydrogen-bond donors (Lipinski definition) is 1. The number of rotatable bonds is 6. The predicted molar refractivity (Wildman–Crippen MR) is 65.0 cm³/mol. The van der Waals surface area contributed by atoms with Crippen molar-refractivity contribution in [2.45, 2.75) is 57.9 Å². The van der Waals surface area contributed by atoms with Gasteiger partial charge in [0, 0.05) is 12.1 Å². The minimum atomic E-state index is 0.146. The van der Waals surface area contributed by atoms with Gasteiger partial charge in [-0.15, -0.1) is 0 Å². The molecule has 1 aliphatic rings. The zero-order chi connectivity index (χ0) is 11.3. The summed E-state index contributed by atoms with van der Waals surface area (Å²) in [7, 11) is 2.19. The van der Waals surface area contributed by atoms with Crippen LogP contribution in [0.25, 0.3) is 0 Å². The molecule has 0 spiro atoms. The quantitative estimate of drug-likeness (QED) is 0.733. The van der Waals surface area contributed by atoms with E-state index in [0.29, 0.717) is 6.61 Å². The van der Waals surface area contributed by atoms with E-state index in [4.69, 9.17) is 5.11 Å². The predicted octanol–water partition coefficient (Wildman–Crippen LogP) is 2.66. The highest BCUT2D eigenvalue weighted by atomic mass is 16.3. The second-order valence-electron chi connectivity index (χ2n) is 5.65. The maximum absolute atomic E-state index is 9.00. The molecule has 1 rings (SSSR count). The van der Waals surface area contributed by atoms with Crippen LogP contribution < -0.4 is 0 Å². The first-order chi connectivity index (χ1) is 7.06. The van der Waals surface area contributed by atoms with E-state index in [-0.39, 0.29) is 5.54 Å². The summed E-state index contributed by atoms with van der Waals surface area (Å²) < 4.78 is 0. The Morgan fingerprint density at radius 2 is 1.87 bits per heavy atom. The van der Waals surface area contributed by atoms with Gasteiger partial charge in [0.25, 0.3) is 0 Å². The SMILES string of the molecule is CN(CCC1CCCC1)C(C)(C)CCO. The van der Waals surface area contributed by atoms with E-state index in [1.165, 1.54) is 38.6 Å². The molecule has 0 aromatic heterocycles. The van der Waals surface area contributed by atoms with Crippen LogP contribution in [0, 0.1) is 5.92 Å². The lowest BCUT2D eigenvalue weighted by atomic mass is 9.97. The van der Waals surface area contributed by atoms with E-state index < -0.39 is 0 Å². The molecular weight excluding hydrogens is 186 g/mol. The highest BCUT2D eigenvalue weighted by Crippen LogP contribution is 2.28. The first-order valence-corrected chi connectivity index (χ1v) is 6.38. The lowest BCUT2D eigenvalue weighted by Gasteiger charge is -2.36. The van der Waals surface area contributed by atoms with Gasteiger partial charge in [-0.05, 0) is 46.2 Å². The van der Waals surface area contributed by atoms with Gasteiger partial charge in [-0.25, -0.2) is 0 Å². The third kappa shape index (κ3) is 4.12. The number of aliphatic hydroxyl groups is 1. The van der Waals surface area contributed by atoms with E-state index >= 15 is 0 Å². The molecule has 0 heterocycles. The van der Waals surface area contributed by atoms with Crippen molar-refractivity contribution in [3.63, 3.8) is 0 Å². The molecule has 0 radical (unpaired) electrons. The highest BCUT2D eigenvalue weighted by molar-refractivity contribution is 4.80. The molecule has 0 aromatic carbocycles. The van der Waals surface area contributed by atoms with Crippen LogP contribution >= 0.6 is 0 Å². The molecule has 1 aliphatic carbocycles. The van der Waals surface area contributed by atoms with Gasteiger partial charge in [-0.2, -0.15) is 0 Å². The van der Waals surface area contributed by atoms with Crippen LogP contribution in [0.5, 0.6) is 0 Å². The molecule has 0 atom stereocenters. The van der Waals surface area contributed by atoms with Crippen molar-refractivity contribution in [1.82, 2.24) is 4.90 Å². The van der Waals surface area contributed by atoms with Crippen molar-refractivity contribution in [1.29, 1.82) is 0 Å². The first kappa shape index (κ1) is 13.0. The Balaban J connectivity index is 2.24. The van der Waals surface area contributed by atoms with E-state index in [9.17, 15) is 0 Å². The Kier molecular flexibility index (Phi) is 5.07. The number of nitrogens with zero attached hydrogens (tertiary/aromatic N) is 1. The Hall–Kier alpha value is -0.0800. The fraction of sp³-hybridized carbons (Fsp3) is 1.00. The highest BCUT2D eigenvalue weighted by Gasteiger charge is 2.24. The van der Waals surface area contributed by atoms with E-state index in [0.717, 1.165) is 12.3 Å². The fourth-order valence-electron chi connectivity index (χ4n) is 2.44. The summed E-state index contributed by atoms with van der Waals surface area (Å²) in [6, 6.07) is 0. The van der Waals surface area contributed by atoms with Crippen molar-refractivity contribution in [2.24, 2.45) is 5.92 Å².